The molecule has 0 saturated carbocycles. The fourth-order valence-corrected chi connectivity index (χ4v) is 0.899. The topological polar surface area (TPSA) is 29.5 Å². The molecule has 12 heavy (non-hydrogen) atoms. The van der Waals surface area contributed by atoms with E-state index in [2.05, 4.69) is 6.58 Å². The summed E-state index contributed by atoms with van der Waals surface area (Å²) in [6.45, 7) is 7.28. The van der Waals surface area contributed by atoms with Crippen LogP contribution >= 0.6 is 0 Å². The van der Waals surface area contributed by atoms with Crippen LogP contribution in [-0.2, 0) is 9.53 Å². The second kappa shape index (κ2) is 6.85. The van der Waals surface area contributed by atoms with Crippen molar-refractivity contribution >= 4 is 5.91 Å². The maximum atomic E-state index is 11.2. The second-order valence-corrected chi connectivity index (χ2v) is 2.47. The molecule has 70 valence electrons. The van der Waals surface area contributed by atoms with E-state index < -0.39 is 0 Å². The van der Waals surface area contributed by atoms with Crippen LogP contribution in [0.1, 0.15) is 13.3 Å². The number of carbonyl (C=O) groups is 1. The van der Waals surface area contributed by atoms with E-state index in [4.69, 9.17) is 4.74 Å². The van der Waals surface area contributed by atoms with Crippen LogP contribution in [0.3, 0.4) is 0 Å². The molecule has 0 aliphatic heterocycles. The number of carbonyl (C=O) groups excluding carboxylic acids is 1. The largest absolute Gasteiger partial charge is 0.383 e. The van der Waals surface area contributed by atoms with Gasteiger partial charge in [-0.3, -0.25) is 4.79 Å². The first kappa shape index (κ1) is 11.2. The quantitative estimate of drug-likeness (QED) is 0.559. The predicted molar refractivity (Wildman–Crippen MR) is 48.9 cm³/mol. The van der Waals surface area contributed by atoms with E-state index in [9.17, 15) is 4.79 Å². The van der Waals surface area contributed by atoms with E-state index in [-0.39, 0.29) is 5.91 Å². The summed E-state index contributed by atoms with van der Waals surface area (Å²) < 4.78 is 4.89. The van der Waals surface area contributed by atoms with Crippen molar-refractivity contribution in [3.63, 3.8) is 0 Å². The Balaban J connectivity index is 3.84. The normalized spacial score (nSPS) is 9.50. The molecule has 0 heterocycles. The fraction of sp³-hybridized carbons (Fsp3) is 0.667. The van der Waals surface area contributed by atoms with Crippen molar-refractivity contribution in [3.8, 4) is 0 Å². The number of hydrogen-bond donors (Lipinski definition) is 0. The molecule has 3 heteroatoms. The van der Waals surface area contributed by atoms with Gasteiger partial charge in [-0.2, -0.15) is 0 Å². The zero-order chi connectivity index (χ0) is 9.40. The highest BCUT2D eigenvalue weighted by Gasteiger charge is 2.07. The third-order valence-corrected chi connectivity index (χ3v) is 1.57. The van der Waals surface area contributed by atoms with Crippen molar-refractivity contribution in [1.82, 2.24) is 4.90 Å². The molecule has 0 aromatic heterocycles. The Morgan fingerprint density at radius 3 is 2.75 bits per heavy atom. The molecule has 0 unspecified atom stereocenters. The zero-order valence-corrected chi connectivity index (χ0v) is 7.88. The highest BCUT2D eigenvalue weighted by Crippen LogP contribution is 1.93. The van der Waals surface area contributed by atoms with E-state index in [0.717, 1.165) is 0 Å². The van der Waals surface area contributed by atoms with Crippen LogP contribution in [0.5, 0.6) is 0 Å². The van der Waals surface area contributed by atoms with Gasteiger partial charge in [0.2, 0.25) is 5.91 Å². The molecule has 3 nitrogen and oxygen atoms in total. The molecule has 0 fully saturated rings. The van der Waals surface area contributed by atoms with Gasteiger partial charge < -0.3 is 9.64 Å². The van der Waals surface area contributed by atoms with Crippen LogP contribution in [0.15, 0.2) is 12.7 Å². The molecule has 0 aliphatic rings. The Kier molecular flexibility index (Phi) is 6.38. The molecule has 0 aliphatic carbocycles. The van der Waals surface area contributed by atoms with E-state index in [0.29, 0.717) is 26.1 Å². The van der Waals surface area contributed by atoms with Crippen molar-refractivity contribution in [3.05, 3.63) is 12.7 Å². The zero-order valence-electron chi connectivity index (χ0n) is 7.88. The second-order valence-electron chi connectivity index (χ2n) is 2.47. The average molecular weight is 171 g/mol. The number of amides is 1. The summed E-state index contributed by atoms with van der Waals surface area (Å²) in [5.41, 5.74) is 0. The summed E-state index contributed by atoms with van der Waals surface area (Å²) in [7, 11) is 1.63. The van der Waals surface area contributed by atoms with E-state index in [1.165, 1.54) is 0 Å². The Hall–Kier alpha value is -0.830. The van der Waals surface area contributed by atoms with Crippen molar-refractivity contribution in [2.45, 2.75) is 13.3 Å². The number of nitrogens with zero attached hydrogens (tertiary/aromatic N) is 1. The molecule has 0 aromatic rings. The average Bonchev–Trinajstić information content (AvgIpc) is 2.11. The summed E-state index contributed by atoms with van der Waals surface area (Å²) in [5, 5.41) is 0. The summed E-state index contributed by atoms with van der Waals surface area (Å²) in [6.07, 6.45) is 2.26. The fourth-order valence-electron chi connectivity index (χ4n) is 0.899. The van der Waals surface area contributed by atoms with Gasteiger partial charge in [0.1, 0.15) is 0 Å². The summed E-state index contributed by atoms with van der Waals surface area (Å²) >= 11 is 0. The van der Waals surface area contributed by atoms with Crippen molar-refractivity contribution in [2.24, 2.45) is 0 Å². The first-order valence-corrected chi connectivity index (χ1v) is 4.13. The van der Waals surface area contributed by atoms with E-state index in [1.54, 1.807) is 18.1 Å². The van der Waals surface area contributed by atoms with Crippen LogP contribution in [0.2, 0.25) is 0 Å². The van der Waals surface area contributed by atoms with Crippen LogP contribution < -0.4 is 0 Å². The molecule has 0 saturated heterocycles. The Bertz CT molecular complexity index is 145. The van der Waals surface area contributed by atoms with Crippen LogP contribution in [0, 0.1) is 0 Å². The van der Waals surface area contributed by atoms with Crippen molar-refractivity contribution in [2.75, 3.05) is 26.8 Å². The molecule has 0 atom stereocenters. The van der Waals surface area contributed by atoms with Gasteiger partial charge in [-0.1, -0.05) is 13.0 Å². The highest BCUT2D eigenvalue weighted by molar-refractivity contribution is 5.75. The molecule has 0 aromatic carbocycles. The van der Waals surface area contributed by atoms with Gasteiger partial charge >= 0.3 is 0 Å². The van der Waals surface area contributed by atoms with E-state index in [1.807, 2.05) is 6.92 Å². The lowest BCUT2D eigenvalue weighted by atomic mass is 10.3. The molecular weight excluding hydrogens is 154 g/mol. The molecule has 0 rings (SSSR count). The van der Waals surface area contributed by atoms with Gasteiger partial charge in [0.25, 0.3) is 0 Å². The van der Waals surface area contributed by atoms with Crippen molar-refractivity contribution < 1.29 is 9.53 Å². The van der Waals surface area contributed by atoms with Crippen LogP contribution in [0.25, 0.3) is 0 Å². The third-order valence-electron chi connectivity index (χ3n) is 1.57. The molecule has 0 spiro atoms. The Labute approximate surface area is 74.0 Å². The maximum absolute atomic E-state index is 11.2. The smallest absolute Gasteiger partial charge is 0.222 e. The van der Waals surface area contributed by atoms with Crippen molar-refractivity contribution in [1.29, 1.82) is 0 Å². The Morgan fingerprint density at radius 2 is 2.33 bits per heavy atom. The number of ether oxygens (including phenoxy) is 1. The van der Waals surface area contributed by atoms with Gasteiger partial charge in [-0.25, -0.2) is 0 Å². The minimum atomic E-state index is 0.145. The predicted octanol–water partition coefficient (Wildman–Crippen LogP) is 1.06. The Morgan fingerprint density at radius 1 is 1.67 bits per heavy atom. The van der Waals surface area contributed by atoms with Gasteiger partial charge in [0.05, 0.1) is 6.61 Å². The lowest BCUT2D eigenvalue weighted by molar-refractivity contribution is -0.130. The molecular formula is C9H17NO2. The third kappa shape index (κ3) is 4.13. The number of methoxy groups -OCH3 is 1. The highest BCUT2D eigenvalue weighted by atomic mass is 16.5. The molecule has 0 radical (unpaired) electrons. The molecule has 0 N–H and O–H groups in total. The van der Waals surface area contributed by atoms with Crippen LogP contribution in [0.4, 0.5) is 0 Å². The van der Waals surface area contributed by atoms with Gasteiger partial charge in [0.15, 0.2) is 0 Å². The summed E-state index contributed by atoms with van der Waals surface area (Å²) in [6, 6.07) is 0. The monoisotopic (exact) mass is 171 g/mol. The molecule has 1 amide bonds. The number of hydrogen-bond acceptors (Lipinski definition) is 2. The number of rotatable bonds is 6. The summed E-state index contributed by atoms with van der Waals surface area (Å²) in [5.74, 6) is 0.145. The van der Waals surface area contributed by atoms with Crippen LogP contribution in [-0.4, -0.2) is 37.6 Å². The minimum Gasteiger partial charge on any atom is -0.383 e. The van der Waals surface area contributed by atoms with E-state index >= 15 is 0 Å². The first-order chi connectivity index (χ1) is 5.76. The SMILES string of the molecule is C=CCN(CCOC)C(=O)CC. The maximum Gasteiger partial charge on any atom is 0.222 e. The molecule has 0 bridgehead atoms. The summed E-state index contributed by atoms with van der Waals surface area (Å²) in [4.78, 5) is 13.0. The lowest BCUT2D eigenvalue weighted by Crippen LogP contribution is -2.33. The lowest BCUT2D eigenvalue weighted by Gasteiger charge is -2.19. The van der Waals surface area contributed by atoms with Gasteiger partial charge in [0, 0.05) is 26.6 Å². The minimum absolute atomic E-state index is 0.145. The van der Waals surface area contributed by atoms with Gasteiger partial charge in [-0.05, 0) is 0 Å². The van der Waals surface area contributed by atoms with Gasteiger partial charge in [-0.15, -0.1) is 6.58 Å². The standard InChI is InChI=1S/C9H17NO2/c1-4-6-10(7-8-12-3)9(11)5-2/h4H,1,5-8H2,2-3H3. The first-order valence-electron chi connectivity index (χ1n) is 4.13.